The first-order chi connectivity index (χ1) is 17.5. The van der Waals surface area contributed by atoms with E-state index in [0.29, 0.717) is 43.3 Å². The Morgan fingerprint density at radius 2 is 1.22 bits per heavy atom. The fourth-order valence-electron chi connectivity index (χ4n) is 3.26. The van der Waals surface area contributed by atoms with Crippen molar-refractivity contribution >= 4 is 11.9 Å². The summed E-state index contributed by atoms with van der Waals surface area (Å²) in [6, 6.07) is 22.1. The van der Waals surface area contributed by atoms with E-state index in [4.69, 9.17) is 18.9 Å². The molecule has 0 aliphatic carbocycles. The van der Waals surface area contributed by atoms with E-state index in [1.54, 1.807) is 36.4 Å². The highest BCUT2D eigenvalue weighted by Gasteiger charge is 2.12. The lowest BCUT2D eigenvalue weighted by molar-refractivity contribution is -0.148. The molecule has 0 spiro atoms. The molecule has 0 saturated carbocycles. The molecule has 0 amide bonds. The molecule has 1 atom stereocenters. The first-order valence-corrected chi connectivity index (χ1v) is 12.4. The highest BCUT2D eigenvalue weighted by atomic mass is 16.5. The summed E-state index contributed by atoms with van der Waals surface area (Å²) in [5.41, 5.74) is 2.51. The Balaban J connectivity index is 1.45. The summed E-state index contributed by atoms with van der Waals surface area (Å²) in [6.07, 6.45) is 2.33. The third kappa shape index (κ3) is 8.15. The van der Waals surface area contributed by atoms with E-state index in [2.05, 4.69) is 6.92 Å². The number of carbonyl (C=O) groups is 2. The van der Waals surface area contributed by atoms with Crippen LogP contribution in [0.1, 0.15) is 50.4 Å². The van der Waals surface area contributed by atoms with Gasteiger partial charge in [-0.1, -0.05) is 45.0 Å². The first-order valence-electron chi connectivity index (χ1n) is 12.4. The largest absolute Gasteiger partial charge is 0.494 e. The monoisotopic (exact) mass is 490 g/mol. The molecular weight excluding hydrogens is 456 g/mol. The molecule has 0 aliphatic heterocycles. The van der Waals surface area contributed by atoms with Gasteiger partial charge in [0.2, 0.25) is 0 Å². The normalized spacial score (nSPS) is 11.4. The van der Waals surface area contributed by atoms with Crippen LogP contribution in [0.25, 0.3) is 11.1 Å². The van der Waals surface area contributed by atoms with Gasteiger partial charge in [0.25, 0.3) is 0 Å². The summed E-state index contributed by atoms with van der Waals surface area (Å²) in [4.78, 5) is 24.2. The van der Waals surface area contributed by atoms with Crippen LogP contribution in [-0.4, -0.2) is 31.8 Å². The molecule has 3 aromatic rings. The molecule has 0 aromatic heterocycles. The molecule has 0 saturated heterocycles. The van der Waals surface area contributed by atoms with Crippen molar-refractivity contribution < 1.29 is 28.5 Å². The number of hydrogen-bond acceptors (Lipinski definition) is 6. The van der Waals surface area contributed by atoms with E-state index in [1.807, 2.05) is 50.2 Å². The smallest absolute Gasteiger partial charge is 0.343 e. The van der Waals surface area contributed by atoms with Crippen molar-refractivity contribution in [3.8, 4) is 28.4 Å². The molecule has 0 N–H and O–H groups in total. The van der Waals surface area contributed by atoms with Crippen molar-refractivity contribution in [2.75, 3.05) is 19.8 Å². The zero-order chi connectivity index (χ0) is 25.8. The Hall–Kier alpha value is -3.80. The molecule has 190 valence electrons. The third-order valence-corrected chi connectivity index (χ3v) is 5.63. The lowest BCUT2D eigenvalue weighted by Crippen LogP contribution is -2.15. The minimum atomic E-state index is -0.441. The van der Waals surface area contributed by atoms with Crippen LogP contribution in [0.2, 0.25) is 0 Å². The zero-order valence-corrected chi connectivity index (χ0v) is 21.2. The molecular formula is C30H34O6. The Kier molecular flexibility index (Phi) is 10.4. The first kappa shape index (κ1) is 26.8. The predicted molar refractivity (Wildman–Crippen MR) is 140 cm³/mol. The highest BCUT2D eigenvalue weighted by Crippen LogP contribution is 2.25. The number of hydrogen-bond donors (Lipinski definition) is 0. The number of rotatable bonds is 13. The van der Waals surface area contributed by atoms with Gasteiger partial charge in [0, 0.05) is 6.42 Å². The molecule has 3 rings (SSSR count). The van der Waals surface area contributed by atoms with Crippen molar-refractivity contribution in [1.29, 1.82) is 0 Å². The van der Waals surface area contributed by atoms with Gasteiger partial charge in [-0.05, 0) is 72.5 Å². The third-order valence-electron chi connectivity index (χ3n) is 5.63. The summed E-state index contributed by atoms with van der Waals surface area (Å²) in [5.74, 6) is 1.25. The van der Waals surface area contributed by atoms with E-state index in [9.17, 15) is 9.59 Å². The molecule has 6 heteroatoms. The highest BCUT2D eigenvalue weighted by molar-refractivity contribution is 5.91. The van der Waals surface area contributed by atoms with Crippen molar-refractivity contribution in [1.82, 2.24) is 0 Å². The van der Waals surface area contributed by atoms with Gasteiger partial charge >= 0.3 is 11.9 Å². The van der Waals surface area contributed by atoms with Gasteiger partial charge in [0.05, 0.1) is 31.3 Å². The second kappa shape index (κ2) is 13.9. The average Bonchev–Trinajstić information content (AvgIpc) is 2.92. The minimum absolute atomic E-state index is 0.0841. The maximum absolute atomic E-state index is 12.5. The number of benzene rings is 3. The van der Waals surface area contributed by atoms with Gasteiger partial charge in [-0.25, -0.2) is 4.79 Å². The molecule has 0 aliphatic rings. The molecule has 3 aromatic carbocycles. The molecule has 0 bridgehead atoms. The lowest BCUT2D eigenvalue weighted by Gasteiger charge is -2.10. The van der Waals surface area contributed by atoms with Gasteiger partial charge in [-0.15, -0.1) is 0 Å². The van der Waals surface area contributed by atoms with Crippen LogP contribution < -0.4 is 14.2 Å². The summed E-state index contributed by atoms with van der Waals surface area (Å²) in [7, 11) is 0. The number of ether oxygens (including phenoxy) is 4. The van der Waals surface area contributed by atoms with E-state index in [-0.39, 0.29) is 11.9 Å². The second-order valence-electron chi connectivity index (χ2n) is 8.49. The van der Waals surface area contributed by atoms with Gasteiger partial charge in [0.15, 0.2) is 0 Å². The van der Waals surface area contributed by atoms with E-state index < -0.39 is 5.97 Å². The van der Waals surface area contributed by atoms with E-state index in [0.717, 1.165) is 29.7 Å². The summed E-state index contributed by atoms with van der Waals surface area (Å²) < 4.78 is 22.0. The minimum Gasteiger partial charge on any atom is -0.494 e. The number of esters is 2. The standard InChI is InChI=1S/C30H34O6/c1-4-19-33-26-13-7-23(8-14-26)24-9-17-28(18-10-24)36-30(32)25-11-15-27(16-12-25)34-20-6-21-35-29(31)22(3)5-2/h7-18,22H,4-6,19-21H2,1-3H3. The van der Waals surface area contributed by atoms with Gasteiger partial charge in [0.1, 0.15) is 17.2 Å². The van der Waals surface area contributed by atoms with Crippen LogP contribution in [0, 0.1) is 5.92 Å². The molecule has 0 heterocycles. The van der Waals surface area contributed by atoms with Crippen LogP contribution in [0.15, 0.2) is 72.8 Å². The Labute approximate surface area is 213 Å². The fourth-order valence-corrected chi connectivity index (χ4v) is 3.26. The van der Waals surface area contributed by atoms with Crippen molar-refractivity contribution in [3.05, 3.63) is 78.4 Å². The van der Waals surface area contributed by atoms with Crippen LogP contribution in [0.3, 0.4) is 0 Å². The van der Waals surface area contributed by atoms with Gasteiger partial charge < -0.3 is 18.9 Å². The summed E-state index contributed by atoms with van der Waals surface area (Å²) in [5, 5.41) is 0. The average molecular weight is 491 g/mol. The number of carbonyl (C=O) groups excluding carboxylic acids is 2. The topological polar surface area (TPSA) is 71.1 Å². The van der Waals surface area contributed by atoms with Crippen molar-refractivity contribution in [2.24, 2.45) is 5.92 Å². The van der Waals surface area contributed by atoms with Crippen molar-refractivity contribution in [3.63, 3.8) is 0 Å². The van der Waals surface area contributed by atoms with Gasteiger partial charge in [-0.2, -0.15) is 0 Å². The lowest BCUT2D eigenvalue weighted by atomic mass is 10.1. The van der Waals surface area contributed by atoms with E-state index >= 15 is 0 Å². The van der Waals surface area contributed by atoms with Gasteiger partial charge in [-0.3, -0.25) is 4.79 Å². The maximum Gasteiger partial charge on any atom is 0.343 e. The Morgan fingerprint density at radius 3 is 1.78 bits per heavy atom. The molecule has 1 unspecified atom stereocenters. The Bertz CT molecular complexity index is 1090. The maximum atomic E-state index is 12.5. The zero-order valence-electron chi connectivity index (χ0n) is 21.2. The van der Waals surface area contributed by atoms with Crippen LogP contribution >= 0.6 is 0 Å². The molecule has 6 nitrogen and oxygen atoms in total. The molecule has 36 heavy (non-hydrogen) atoms. The SMILES string of the molecule is CCCOc1ccc(-c2ccc(OC(=O)c3ccc(OCCCOC(=O)C(C)CC)cc3)cc2)cc1. The quantitative estimate of drug-likeness (QED) is 0.150. The van der Waals surface area contributed by atoms with Crippen molar-refractivity contribution in [2.45, 2.75) is 40.0 Å². The van der Waals surface area contributed by atoms with Crippen LogP contribution in [-0.2, 0) is 9.53 Å². The predicted octanol–water partition coefficient (Wildman–Crippen LogP) is 6.72. The van der Waals surface area contributed by atoms with Crippen LogP contribution in [0.5, 0.6) is 17.2 Å². The van der Waals surface area contributed by atoms with E-state index in [1.165, 1.54) is 0 Å². The Morgan fingerprint density at radius 1 is 0.694 bits per heavy atom. The van der Waals surface area contributed by atoms with Crippen LogP contribution in [0.4, 0.5) is 0 Å². The molecule has 0 radical (unpaired) electrons. The second-order valence-corrected chi connectivity index (χ2v) is 8.49. The summed E-state index contributed by atoms with van der Waals surface area (Å²) in [6.45, 7) is 7.32. The summed E-state index contributed by atoms with van der Waals surface area (Å²) >= 11 is 0. The fraction of sp³-hybridized carbons (Fsp3) is 0.333. The molecule has 0 fully saturated rings.